The van der Waals surface area contributed by atoms with Gasteiger partial charge in [-0.2, -0.15) is 12.1 Å². The first-order valence-electron chi connectivity index (χ1n) is 28.9. The molecule has 360 valence electrons. The van der Waals surface area contributed by atoms with Gasteiger partial charge in [0.15, 0.2) is 0 Å². The van der Waals surface area contributed by atoms with Crippen LogP contribution in [0.2, 0.25) is 13.1 Å². The zero-order valence-electron chi connectivity index (χ0n) is 51.4. The number of para-hydroxylation sites is 2. The van der Waals surface area contributed by atoms with E-state index in [1.54, 1.807) is 22.8 Å². The van der Waals surface area contributed by atoms with Crippen LogP contribution in [0.25, 0.3) is 94.5 Å². The molecule has 9 aromatic carbocycles. The van der Waals surface area contributed by atoms with Crippen LogP contribution in [0.4, 0.5) is 0 Å². The standard InChI is InChI=1S/C66H50N4OSi.CH3.Pt/c1-66(2,3)49-36-37-67-62(40-49)70-57-41-50(32-34-54(57)63-55(47-26-16-9-17-27-47)38-48(39-59(63)70)44-20-10-6-11-21-44)71-51-33-35-60-58(42-51)69-43-68(56-30-19-31-61(65(56)69)72(60,4)5)64-52(45-22-12-7-13-23-45)28-18-29-53(64)46-24-14-8-15-25-46;;/h6-40H,1-5H3;1H3;/q-2;-1;+4/i7D,8D,12D,13D,14D,15D,22D,23D,24D,25D;;. The maximum Gasteiger partial charge on any atom is 4.00 e. The third-order valence-corrected chi connectivity index (χ3v) is 17.4. The summed E-state index contributed by atoms with van der Waals surface area (Å²) in [5, 5.41) is 4.08. The minimum Gasteiger partial charge on any atom is -0.510 e. The molecule has 13 rings (SSSR count). The van der Waals surface area contributed by atoms with Crippen LogP contribution >= 0.6 is 0 Å². The van der Waals surface area contributed by atoms with E-state index >= 15 is 0 Å². The fourth-order valence-corrected chi connectivity index (χ4v) is 13.3. The molecule has 0 bridgehead atoms. The summed E-state index contributed by atoms with van der Waals surface area (Å²) in [7, 11) is -2.60. The van der Waals surface area contributed by atoms with Gasteiger partial charge in [0.25, 0.3) is 6.33 Å². The number of benzene rings is 9. The van der Waals surface area contributed by atoms with Gasteiger partial charge in [0.1, 0.15) is 5.82 Å². The first kappa shape index (κ1) is 37.8. The number of ether oxygens (including phenoxy) is 1. The molecule has 1 aliphatic heterocycles. The second-order valence-corrected chi connectivity index (χ2v) is 24.0. The van der Waals surface area contributed by atoms with Crippen LogP contribution in [0.1, 0.15) is 40.0 Å². The minimum atomic E-state index is -2.60. The summed E-state index contributed by atoms with van der Waals surface area (Å²) in [4.78, 5) is 5.03. The van der Waals surface area contributed by atoms with Gasteiger partial charge in [-0.1, -0.05) is 202 Å². The number of hydrogen-bond donors (Lipinski definition) is 0. The summed E-state index contributed by atoms with van der Waals surface area (Å²) in [5.74, 6) is 1.57. The summed E-state index contributed by atoms with van der Waals surface area (Å²) < 4.78 is 101. The number of rotatable bonds is 8. The molecule has 4 heterocycles. The minimum absolute atomic E-state index is 0. The van der Waals surface area contributed by atoms with Gasteiger partial charge in [-0.3, -0.25) is 4.57 Å². The SMILES string of the molecule is [2H]c1c([2H])c([2H])c(-c2cccc(-c3c([2H])c([2H])c([2H])c([2H])c3[2H])c2-[n+]2[c-]n3c4c(cccc42)[Si](C)(C)c2ccc(Oc4[c-]c5c(cc4)c4c(-c6ccccc6)cc(-c6ccccc6)cc4n5-c4cc(C(C)(C)C)ccn4)[c-]c2-3)c([2H])c1[2H].[CH3-].[Pt+4]. The van der Waals surface area contributed by atoms with Crippen LogP contribution in [0.5, 0.6) is 11.5 Å². The van der Waals surface area contributed by atoms with Gasteiger partial charge in [0.2, 0.25) is 0 Å². The smallest absolute Gasteiger partial charge is 0.510 e. The van der Waals surface area contributed by atoms with Crippen LogP contribution in [-0.4, -0.2) is 22.2 Å². The van der Waals surface area contributed by atoms with Crippen LogP contribution < -0.4 is 19.7 Å². The molecule has 0 spiro atoms. The number of nitrogens with zero attached hydrogens (tertiary/aromatic N) is 4. The zero-order valence-corrected chi connectivity index (χ0v) is 44.7. The summed E-state index contributed by atoms with van der Waals surface area (Å²) in [6.07, 6.45) is 5.43. The zero-order chi connectivity index (χ0) is 57.4. The summed E-state index contributed by atoms with van der Waals surface area (Å²) >= 11 is 0. The predicted molar refractivity (Wildman–Crippen MR) is 304 cm³/mol. The summed E-state index contributed by atoms with van der Waals surface area (Å²) in [5.41, 5.74) is 9.25. The van der Waals surface area contributed by atoms with Crippen molar-refractivity contribution in [3.05, 3.63) is 244 Å². The Morgan fingerprint density at radius 1 is 0.608 bits per heavy atom. The number of imidazole rings is 1. The van der Waals surface area contributed by atoms with E-state index in [1.807, 2.05) is 47.2 Å². The molecule has 74 heavy (non-hydrogen) atoms. The van der Waals surface area contributed by atoms with Crippen LogP contribution in [0, 0.1) is 25.9 Å². The third-order valence-electron chi connectivity index (χ3n) is 13.9. The van der Waals surface area contributed by atoms with E-state index in [9.17, 15) is 0 Å². The fourth-order valence-electron chi connectivity index (χ4n) is 10.4. The van der Waals surface area contributed by atoms with Gasteiger partial charge in [0, 0.05) is 31.3 Å². The van der Waals surface area contributed by atoms with Gasteiger partial charge in [-0.05, 0) is 90.8 Å². The molecule has 0 unspecified atom stereocenters. The van der Waals surface area contributed by atoms with E-state index < -0.39 is 68.5 Å². The number of pyridine rings is 1. The second kappa shape index (κ2) is 18.9. The molecule has 1 aliphatic rings. The fraction of sp³-hybridized carbons (Fsp3) is 0.0896. The normalized spacial score (nSPS) is 14.4. The Morgan fingerprint density at radius 3 is 1.92 bits per heavy atom. The Bertz CT molecular complexity index is 4550. The average molecular weight is 1160 g/mol. The predicted octanol–water partition coefficient (Wildman–Crippen LogP) is 15.1. The Kier molecular flexibility index (Phi) is 9.63. The molecule has 0 saturated heterocycles. The van der Waals surface area contributed by atoms with Crippen molar-refractivity contribution in [2.24, 2.45) is 0 Å². The molecule has 0 saturated carbocycles. The average Bonchev–Trinajstić information content (AvgIpc) is 1.61. The van der Waals surface area contributed by atoms with Crippen molar-refractivity contribution in [1.29, 1.82) is 0 Å². The van der Waals surface area contributed by atoms with Gasteiger partial charge < -0.3 is 21.3 Å². The Labute approximate surface area is 463 Å². The van der Waals surface area contributed by atoms with Crippen molar-refractivity contribution >= 4 is 51.3 Å². The van der Waals surface area contributed by atoms with Gasteiger partial charge in [-0.25, -0.2) is 4.98 Å². The van der Waals surface area contributed by atoms with Crippen molar-refractivity contribution in [1.82, 2.24) is 14.1 Å². The van der Waals surface area contributed by atoms with Gasteiger partial charge in [0.05, 0.1) is 30.4 Å². The van der Waals surface area contributed by atoms with Crippen molar-refractivity contribution in [3.8, 4) is 73.2 Å². The molecule has 12 aromatic rings. The maximum absolute atomic E-state index is 9.17. The van der Waals surface area contributed by atoms with E-state index in [0.717, 1.165) is 71.3 Å². The Balaban J connectivity index is 0.00000368. The first-order valence-corrected chi connectivity index (χ1v) is 26.9. The molecule has 0 amide bonds. The topological polar surface area (TPSA) is 35.9 Å². The summed E-state index contributed by atoms with van der Waals surface area (Å²) in [6.45, 7) is 11.1. The van der Waals surface area contributed by atoms with E-state index in [1.165, 1.54) is 0 Å². The monoisotopic (exact) mass is 1160 g/mol. The number of fused-ring (bicyclic) bond motifs is 5. The second-order valence-electron chi connectivity index (χ2n) is 19.7. The molecule has 7 heteroatoms. The molecule has 3 aromatic heterocycles. The van der Waals surface area contributed by atoms with Crippen LogP contribution in [0.15, 0.2) is 212 Å². The largest absolute Gasteiger partial charge is 4.00 e. The van der Waals surface area contributed by atoms with Gasteiger partial charge in [-0.15, -0.1) is 34.8 Å². The van der Waals surface area contributed by atoms with Crippen molar-refractivity contribution in [2.45, 2.75) is 39.3 Å². The molecular formula is C67H53N4OPtSi+. The number of aromatic nitrogens is 4. The molecule has 5 nitrogen and oxygen atoms in total. The van der Waals surface area contributed by atoms with E-state index in [4.69, 9.17) is 23.4 Å². The molecule has 0 aliphatic carbocycles. The molecule has 0 atom stereocenters. The molecular weight excluding hydrogens is 1100 g/mol. The Hall–Kier alpha value is -7.89. The van der Waals surface area contributed by atoms with Gasteiger partial charge >= 0.3 is 21.1 Å². The maximum atomic E-state index is 9.17. The van der Waals surface area contributed by atoms with E-state index in [-0.39, 0.29) is 61.8 Å². The van der Waals surface area contributed by atoms with E-state index in [0.29, 0.717) is 22.7 Å². The van der Waals surface area contributed by atoms with E-state index in [2.05, 4.69) is 148 Å². The van der Waals surface area contributed by atoms with Crippen molar-refractivity contribution < 1.29 is 44.1 Å². The Morgan fingerprint density at radius 2 is 1.24 bits per heavy atom. The van der Waals surface area contributed by atoms with Crippen molar-refractivity contribution in [3.63, 3.8) is 0 Å². The molecule has 0 fully saturated rings. The first-order chi connectivity index (χ1) is 39.2. The number of hydrogen-bond acceptors (Lipinski definition) is 2. The molecule has 0 radical (unpaired) electrons. The summed E-state index contributed by atoms with van der Waals surface area (Å²) in [6, 6.07) is 50.4. The van der Waals surface area contributed by atoms with Crippen molar-refractivity contribution in [2.75, 3.05) is 0 Å². The van der Waals surface area contributed by atoms with Crippen LogP contribution in [-0.2, 0) is 26.5 Å². The quantitative estimate of drug-likeness (QED) is 0.0863. The van der Waals surface area contributed by atoms with Crippen LogP contribution in [0.3, 0.4) is 0 Å². The molecule has 0 N–H and O–H groups in total. The third kappa shape index (κ3) is 8.05.